The lowest BCUT2D eigenvalue weighted by Crippen LogP contribution is -2.03. The summed E-state index contributed by atoms with van der Waals surface area (Å²) in [7, 11) is 0. The van der Waals surface area contributed by atoms with Gasteiger partial charge < -0.3 is 0 Å². The Bertz CT molecular complexity index is 157. The van der Waals surface area contributed by atoms with Crippen LogP contribution in [0, 0.1) is 5.41 Å². The van der Waals surface area contributed by atoms with Gasteiger partial charge in [0.25, 0.3) is 0 Å². The Morgan fingerprint density at radius 1 is 1.38 bits per heavy atom. The third-order valence-electron chi connectivity index (χ3n) is 2.00. The van der Waals surface area contributed by atoms with E-state index < -0.39 is 0 Å². The van der Waals surface area contributed by atoms with E-state index in [9.17, 15) is 0 Å². The Labute approximate surface area is 87.5 Å². The van der Waals surface area contributed by atoms with E-state index in [1.807, 2.05) is 17.8 Å². The monoisotopic (exact) mass is 198 g/mol. The molecule has 0 fully saturated rings. The maximum Gasteiger partial charge on any atom is -0.00262 e. The molecule has 0 aliphatic rings. The summed E-state index contributed by atoms with van der Waals surface area (Å²) in [5.74, 6) is 1.25. The zero-order chi connectivity index (χ0) is 10.2. The Morgan fingerprint density at radius 3 is 2.62 bits per heavy atom. The SMILES string of the molecule is C=CC(C)(C)CC=CSCCCC. The van der Waals surface area contributed by atoms with E-state index >= 15 is 0 Å². The maximum absolute atomic E-state index is 3.82. The van der Waals surface area contributed by atoms with Gasteiger partial charge in [0.2, 0.25) is 0 Å². The van der Waals surface area contributed by atoms with Crippen LogP contribution in [0.2, 0.25) is 0 Å². The fourth-order valence-corrected chi connectivity index (χ4v) is 1.62. The van der Waals surface area contributed by atoms with Crippen molar-refractivity contribution < 1.29 is 0 Å². The highest BCUT2D eigenvalue weighted by atomic mass is 32.2. The minimum absolute atomic E-state index is 0.252. The molecule has 0 bridgehead atoms. The lowest BCUT2D eigenvalue weighted by Gasteiger charge is -2.16. The first-order valence-corrected chi connectivity index (χ1v) is 6.07. The first-order valence-electron chi connectivity index (χ1n) is 5.02. The van der Waals surface area contributed by atoms with Gasteiger partial charge in [-0.25, -0.2) is 0 Å². The van der Waals surface area contributed by atoms with Crippen molar-refractivity contribution >= 4 is 11.8 Å². The van der Waals surface area contributed by atoms with Crippen molar-refractivity contribution in [3.63, 3.8) is 0 Å². The Hall–Kier alpha value is -0.170. The van der Waals surface area contributed by atoms with Crippen LogP contribution in [0.25, 0.3) is 0 Å². The van der Waals surface area contributed by atoms with Crippen LogP contribution >= 0.6 is 11.8 Å². The molecule has 0 aliphatic heterocycles. The molecule has 0 radical (unpaired) electrons. The predicted octanol–water partition coefficient (Wildman–Crippen LogP) is 4.64. The molecule has 0 spiro atoms. The van der Waals surface area contributed by atoms with Gasteiger partial charge in [-0.15, -0.1) is 18.3 Å². The van der Waals surface area contributed by atoms with Gasteiger partial charge in [-0.05, 0) is 29.4 Å². The van der Waals surface area contributed by atoms with E-state index in [2.05, 4.69) is 38.8 Å². The molecule has 0 N–H and O–H groups in total. The van der Waals surface area contributed by atoms with Crippen LogP contribution in [0.15, 0.2) is 24.1 Å². The van der Waals surface area contributed by atoms with Crippen molar-refractivity contribution in [2.45, 2.75) is 40.0 Å². The highest BCUT2D eigenvalue weighted by Crippen LogP contribution is 2.22. The van der Waals surface area contributed by atoms with Crippen LogP contribution in [-0.2, 0) is 0 Å². The Morgan fingerprint density at radius 2 is 2.08 bits per heavy atom. The molecule has 0 saturated carbocycles. The smallest absolute Gasteiger partial charge is 0.00262 e. The average Bonchev–Trinajstić information content (AvgIpc) is 2.11. The second-order valence-electron chi connectivity index (χ2n) is 3.99. The number of thioether (sulfide) groups is 1. The van der Waals surface area contributed by atoms with Crippen molar-refractivity contribution in [1.29, 1.82) is 0 Å². The third-order valence-corrected chi connectivity index (χ3v) is 2.91. The molecule has 0 nitrogen and oxygen atoms in total. The minimum Gasteiger partial charge on any atom is -0.134 e. The van der Waals surface area contributed by atoms with Crippen molar-refractivity contribution in [3.8, 4) is 0 Å². The van der Waals surface area contributed by atoms with Gasteiger partial charge in [0.1, 0.15) is 0 Å². The Kier molecular flexibility index (Phi) is 7.16. The van der Waals surface area contributed by atoms with Crippen LogP contribution in [0.3, 0.4) is 0 Å². The summed E-state index contributed by atoms with van der Waals surface area (Å²) >= 11 is 1.91. The molecule has 0 rings (SSSR count). The van der Waals surface area contributed by atoms with Crippen molar-refractivity contribution in [3.05, 3.63) is 24.1 Å². The van der Waals surface area contributed by atoms with E-state index in [0.29, 0.717) is 0 Å². The lowest BCUT2D eigenvalue weighted by atomic mass is 9.90. The lowest BCUT2D eigenvalue weighted by molar-refractivity contribution is 0.490. The summed E-state index contributed by atoms with van der Waals surface area (Å²) in [5.41, 5.74) is 0.252. The highest BCUT2D eigenvalue weighted by molar-refractivity contribution is 8.02. The van der Waals surface area contributed by atoms with Gasteiger partial charge in [0.15, 0.2) is 0 Å². The molecule has 0 amide bonds. The molecule has 76 valence electrons. The third kappa shape index (κ3) is 8.17. The predicted molar refractivity (Wildman–Crippen MR) is 65.1 cm³/mol. The largest absolute Gasteiger partial charge is 0.134 e. The molecule has 1 heteroatoms. The highest BCUT2D eigenvalue weighted by Gasteiger charge is 2.08. The molecular formula is C12H22S. The maximum atomic E-state index is 3.82. The average molecular weight is 198 g/mol. The second-order valence-corrected chi connectivity index (χ2v) is 5.01. The van der Waals surface area contributed by atoms with Crippen LogP contribution in [0.5, 0.6) is 0 Å². The van der Waals surface area contributed by atoms with Crippen molar-refractivity contribution in [1.82, 2.24) is 0 Å². The summed E-state index contributed by atoms with van der Waals surface area (Å²) in [6.45, 7) is 10.5. The number of unbranched alkanes of at least 4 members (excludes halogenated alkanes) is 1. The molecule has 0 saturated heterocycles. The van der Waals surface area contributed by atoms with Gasteiger partial charge >= 0.3 is 0 Å². The van der Waals surface area contributed by atoms with Gasteiger partial charge in [-0.2, -0.15) is 0 Å². The van der Waals surface area contributed by atoms with Crippen LogP contribution in [0.1, 0.15) is 40.0 Å². The molecule has 0 aromatic carbocycles. The molecule has 0 unspecified atom stereocenters. The quantitative estimate of drug-likeness (QED) is 0.424. The standard InChI is InChI=1S/C12H22S/c1-5-7-10-13-11-8-9-12(3,4)6-2/h6,8,11H,2,5,7,9-10H2,1,3-4H3. The summed E-state index contributed by atoms with van der Waals surface area (Å²) in [6, 6.07) is 0. The van der Waals surface area contributed by atoms with Gasteiger partial charge in [-0.1, -0.05) is 39.3 Å². The Balaban J connectivity index is 3.46. The molecule has 0 aromatic rings. The summed E-state index contributed by atoms with van der Waals surface area (Å²) in [4.78, 5) is 0. The number of allylic oxidation sites excluding steroid dienone is 2. The summed E-state index contributed by atoms with van der Waals surface area (Å²) in [6.07, 6.45) is 7.98. The molecule has 13 heavy (non-hydrogen) atoms. The van der Waals surface area contributed by atoms with E-state index in [0.717, 1.165) is 6.42 Å². The molecule has 0 aromatic heterocycles. The second kappa shape index (κ2) is 7.25. The number of rotatable bonds is 7. The van der Waals surface area contributed by atoms with Gasteiger partial charge in [0.05, 0.1) is 0 Å². The topological polar surface area (TPSA) is 0 Å². The molecule has 0 aliphatic carbocycles. The molecule has 0 atom stereocenters. The normalized spacial score (nSPS) is 12.2. The fraction of sp³-hybridized carbons (Fsp3) is 0.667. The number of hydrogen-bond acceptors (Lipinski definition) is 1. The fourth-order valence-electron chi connectivity index (χ4n) is 0.799. The zero-order valence-corrected chi connectivity index (χ0v) is 9.99. The summed E-state index contributed by atoms with van der Waals surface area (Å²) < 4.78 is 0. The van der Waals surface area contributed by atoms with E-state index in [4.69, 9.17) is 0 Å². The van der Waals surface area contributed by atoms with Crippen LogP contribution in [-0.4, -0.2) is 5.75 Å². The van der Waals surface area contributed by atoms with Crippen molar-refractivity contribution in [2.24, 2.45) is 5.41 Å². The molecule has 0 heterocycles. The van der Waals surface area contributed by atoms with Crippen LogP contribution < -0.4 is 0 Å². The van der Waals surface area contributed by atoms with Gasteiger partial charge in [-0.3, -0.25) is 0 Å². The molecular weight excluding hydrogens is 176 g/mol. The first kappa shape index (κ1) is 12.8. The van der Waals surface area contributed by atoms with E-state index in [1.54, 1.807) is 0 Å². The van der Waals surface area contributed by atoms with E-state index in [-0.39, 0.29) is 5.41 Å². The number of hydrogen-bond donors (Lipinski definition) is 0. The summed E-state index contributed by atoms with van der Waals surface area (Å²) in [5, 5.41) is 2.22. The van der Waals surface area contributed by atoms with Crippen molar-refractivity contribution in [2.75, 3.05) is 5.75 Å². The van der Waals surface area contributed by atoms with Crippen LogP contribution in [0.4, 0.5) is 0 Å². The van der Waals surface area contributed by atoms with E-state index in [1.165, 1.54) is 18.6 Å². The zero-order valence-electron chi connectivity index (χ0n) is 9.18. The van der Waals surface area contributed by atoms with Gasteiger partial charge in [0, 0.05) is 0 Å². The first-order chi connectivity index (χ1) is 6.12. The minimum atomic E-state index is 0.252.